The van der Waals surface area contributed by atoms with E-state index in [0.29, 0.717) is 22.9 Å². The highest BCUT2D eigenvalue weighted by molar-refractivity contribution is 7.16. The number of ether oxygens (including phenoxy) is 2. The summed E-state index contributed by atoms with van der Waals surface area (Å²) in [5, 5.41) is 3.27. The molecule has 1 aromatic heterocycles. The number of aryl methyl sites for hydroxylation is 2. The van der Waals surface area contributed by atoms with Crippen molar-refractivity contribution in [2.75, 3.05) is 18.5 Å². The van der Waals surface area contributed by atoms with Gasteiger partial charge in [0.15, 0.2) is 6.61 Å². The molecule has 0 fully saturated rings. The summed E-state index contributed by atoms with van der Waals surface area (Å²) in [6.45, 7) is 7.86. The van der Waals surface area contributed by atoms with E-state index in [1.165, 1.54) is 11.3 Å². The summed E-state index contributed by atoms with van der Waals surface area (Å²) in [5.41, 5.74) is 2.50. The largest absolute Gasteiger partial charge is 0.483 e. The van der Waals surface area contributed by atoms with Crippen LogP contribution in [0.25, 0.3) is 0 Å². The highest BCUT2D eigenvalue weighted by Crippen LogP contribution is 2.29. The second kappa shape index (κ2) is 8.67. The van der Waals surface area contributed by atoms with Crippen LogP contribution in [0.2, 0.25) is 0 Å². The molecule has 1 amide bonds. The summed E-state index contributed by atoms with van der Waals surface area (Å²) in [5.74, 6) is -0.0543. The second-order valence-corrected chi connectivity index (χ2v) is 6.70. The lowest BCUT2D eigenvalue weighted by molar-refractivity contribution is -0.118. The lowest BCUT2D eigenvalue weighted by atomic mass is 10.1. The molecule has 2 rings (SSSR count). The van der Waals surface area contributed by atoms with Crippen LogP contribution in [0.15, 0.2) is 24.3 Å². The molecule has 1 heterocycles. The van der Waals surface area contributed by atoms with Gasteiger partial charge in [0.2, 0.25) is 0 Å². The van der Waals surface area contributed by atoms with E-state index in [1.807, 2.05) is 39.0 Å². The number of hydrogen-bond acceptors (Lipinski definition) is 5. The number of benzene rings is 1. The fourth-order valence-corrected chi connectivity index (χ4v) is 3.26. The van der Waals surface area contributed by atoms with Crippen molar-refractivity contribution >= 4 is 28.2 Å². The Hall–Kier alpha value is -2.34. The predicted octanol–water partition coefficient (Wildman–Crippen LogP) is 4.12. The van der Waals surface area contributed by atoms with Crippen molar-refractivity contribution in [2.45, 2.75) is 34.1 Å². The minimum absolute atomic E-state index is 0.119. The summed E-state index contributed by atoms with van der Waals surface area (Å²) in [6, 6.07) is 7.48. The van der Waals surface area contributed by atoms with Crippen LogP contribution in [-0.4, -0.2) is 25.1 Å². The minimum Gasteiger partial charge on any atom is -0.483 e. The van der Waals surface area contributed by atoms with Crippen molar-refractivity contribution in [1.82, 2.24) is 0 Å². The summed E-state index contributed by atoms with van der Waals surface area (Å²) in [4.78, 5) is 25.3. The molecule has 134 valence electrons. The molecule has 0 spiro atoms. The molecule has 0 unspecified atom stereocenters. The Bertz CT molecular complexity index is 767. The number of amides is 1. The number of anilines is 1. The number of hydrogen-bond donors (Lipinski definition) is 1. The first-order valence-corrected chi connectivity index (χ1v) is 9.06. The van der Waals surface area contributed by atoms with Gasteiger partial charge in [-0.2, -0.15) is 0 Å². The highest BCUT2D eigenvalue weighted by atomic mass is 32.1. The minimum atomic E-state index is -0.427. The molecule has 0 aliphatic carbocycles. The van der Waals surface area contributed by atoms with Crippen LogP contribution in [0.5, 0.6) is 5.75 Å². The third kappa shape index (κ3) is 4.82. The topological polar surface area (TPSA) is 64.6 Å². The molecule has 6 heteroatoms. The molecule has 0 saturated heterocycles. The van der Waals surface area contributed by atoms with Crippen molar-refractivity contribution in [1.29, 1.82) is 0 Å². The number of esters is 1. The standard InChI is InChI=1S/C19H23NO4S/c1-5-14-10-15(19(22)23-6-2)18(25-14)20-17(21)11-24-16-9-7-8-12(3)13(16)4/h7-10H,5-6,11H2,1-4H3,(H,20,21). The summed E-state index contributed by atoms with van der Waals surface area (Å²) in [7, 11) is 0. The third-order valence-electron chi connectivity index (χ3n) is 3.79. The number of nitrogens with one attached hydrogen (secondary N) is 1. The molecule has 0 radical (unpaired) electrons. The fourth-order valence-electron chi connectivity index (χ4n) is 2.26. The Morgan fingerprint density at radius 3 is 2.64 bits per heavy atom. The monoisotopic (exact) mass is 361 g/mol. The Labute approximate surface area is 152 Å². The van der Waals surface area contributed by atoms with E-state index in [2.05, 4.69) is 5.32 Å². The average molecular weight is 361 g/mol. The van der Waals surface area contributed by atoms with Gasteiger partial charge in [0.25, 0.3) is 5.91 Å². The molecule has 1 N–H and O–H groups in total. The first kappa shape index (κ1) is 19.0. The number of rotatable bonds is 7. The lowest BCUT2D eigenvalue weighted by Gasteiger charge is -2.11. The summed E-state index contributed by atoms with van der Waals surface area (Å²) in [6.07, 6.45) is 0.784. The van der Waals surface area contributed by atoms with Crippen LogP contribution < -0.4 is 10.1 Å². The number of carbonyl (C=O) groups excluding carboxylic acids is 2. The predicted molar refractivity (Wildman–Crippen MR) is 99.7 cm³/mol. The second-order valence-electron chi connectivity index (χ2n) is 5.56. The van der Waals surface area contributed by atoms with Gasteiger partial charge in [0, 0.05) is 4.88 Å². The van der Waals surface area contributed by atoms with Crippen LogP contribution in [0, 0.1) is 13.8 Å². The Morgan fingerprint density at radius 1 is 1.20 bits per heavy atom. The van der Waals surface area contributed by atoms with E-state index in [4.69, 9.17) is 9.47 Å². The van der Waals surface area contributed by atoms with Crippen molar-refractivity contribution in [3.8, 4) is 5.75 Å². The Balaban J connectivity index is 2.06. The van der Waals surface area contributed by atoms with Crippen molar-refractivity contribution in [2.24, 2.45) is 0 Å². The van der Waals surface area contributed by atoms with Crippen LogP contribution in [0.4, 0.5) is 5.00 Å². The van der Waals surface area contributed by atoms with Crippen LogP contribution in [-0.2, 0) is 16.0 Å². The van der Waals surface area contributed by atoms with Crippen LogP contribution >= 0.6 is 11.3 Å². The smallest absolute Gasteiger partial charge is 0.341 e. The van der Waals surface area contributed by atoms with Gasteiger partial charge in [-0.1, -0.05) is 19.1 Å². The molecule has 5 nitrogen and oxygen atoms in total. The van der Waals surface area contributed by atoms with E-state index >= 15 is 0 Å². The maximum absolute atomic E-state index is 12.2. The first-order valence-electron chi connectivity index (χ1n) is 8.24. The van der Waals surface area contributed by atoms with E-state index in [-0.39, 0.29) is 12.5 Å². The van der Waals surface area contributed by atoms with Gasteiger partial charge in [-0.25, -0.2) is 4.79 Å². The molecule has 0 aliphatic heterocycles. The van der Waals surface area contributed by atoms with E-state index in [1.54, 1.807) is 13.0 Å². The van der Waals surface area contributed by atoms with Gasteiger partial charge >= 0.3 is 5.97 Å². The van der Waals surface area contributed by atoms with E-state index in [9.17, 15) is 9.59 Å². The zero-order valence-corrected chi connectivity index (χ0v) is 15.8. The summed E-state index contributed by atoms with van der Waals surface area (Å²) >= 11 is 1.38. The van der Waals surface area contributed by atoms with Crippen LogP contribution in [0.1, 0.15) is 40.2 Å². The van der Waals surface area contributed by atoms with Gasteiger partial charge in [-0.3, -0.25) is 4.79 Å². The van der Waals surface area contributed by atoms with Crippen molar-refractivity contribution < 1.29 is 19.1 Å². The third-order valence-corrected chi connectivity index (χ3v) is 4.99. The first-order chi connectivity index (χ1) is 12.0. The van der Waals surface area contributed by atoms with Crippen molar-refractivity contribution in [3.05, 3.63) is 45.8 Å². The molecule has 2 aromatic rings. The average Bonchev–Trinajstić information content (AvgIpc) is 2.99. The normalized spacial score (nSPS) is 10.4. The molecule has 0 aliphatic rings. The van der Waals surface area contributed by atoms with Gasteiger partial charge < -0.3 is 14.8 Å². The van der Waals surface area contributed by atoms with Gasteiger partial charge in [0.1, 0.15) is 10.8 Å². The van der Waals surface area contributed by atoms with E-state index < -0.39 is 5.97 Å². The van der Waals surface area contributed by atoms with Gasteiger partial charge in [-0.05, 0) is 50.5 Å². The molecule has 0 bridgehead atoms. The zero-order valence-electron chi connectivity index (χ0n) is 15.0. The molecule has 1 aromatic carbocycles. The quantitative estimate of drug-likeness (QED) is 0.754. The Morgan fingerprint density at radius 2 is 1.96 bits per heavy atom. The fraction of sp³-hybridized carbons (Fsp3) is 0.368. The SMILES string of the molecule is CCOC(=O)c1cc(CC)sc1NC(=O)COc1cccc(C)c1C. The number of carbonyl (C=O) groups is 2. The Kier molecular flexibility index (Phi) is 6.58. The number of thiophene rings is 1. The molecule has 25 heavy (non-hydrogen) atoms. The summed E-state index contributed by atoms with van der Waals surface area (Å²) < 4.78 is 10.7. The molecular formula is C19H23NO4S. The zero-order chi connectivity index (χ0) is 18.4. The van der Waals surface area contributed by atoms with Crippen LogP contribution in [0.3, 0.4) is 0 Å². The molecular weight excluding hydrogens is 338 g/mol. The molecule has 0 atom stereocenters. The van der Waals surface area contributed by atoms with Gasteiger partial charge in [0.05, 0.1) is 12.2 Å². The lowest BCUT2D eigenvalue weighted by Crippen LogP contribution is -2.21. The van der Waals surface area contributed by atoms with Gasteiger partial charge in [-0.15, -0.1) is 11.3 Å². The van der Waals surface area contributed by atoms with Crippen molar-refractivity contribution in [3.63, 3.8) is 0 Å². The highest BCUT2D eigenvalue weighted by Gasteiger charge is 2.19. The maximum Gasteiger partial charge on any atom is 0.341 e. The maximum atomic E-state index is 12.2. The van der Waals surface area contributed by atoms with E-state index in [0.717, 1.165) is 22.4 Å². The molecule has 0 saturated carbocycles.